The Morgan fingerprint density at radius 3 is 2.93 bits per heavy atom. The lowest BCUT2D eigenvalue weighted by molar-refractivity contribution is -0.0925. The summed E-state index contributed by atoms with van der Waals surface area (Å²) in [6.45, 7) is 5.87. The molecule has 3 aliphatic rings. The third kappa shape index (κ3) is 5.36. The minimum Gasteiger partial charge on any atom is -0.476 e. The van der Waals surface area contributed by atoms with Crippen LogP contribution in [0.25, 0.3) is 11.2 Å². The fourth-order valence-electron chi connectivity index (χ4n) is 5.09. The molecule has 6 atom stereocenters. The van der Waals surface area contributed by atoms with Crippen LogP contribution in [0.5, 0.6) is 5.88 Å². The maximum atomic E-state index is 13.4. The molecule has 16 heteroatoms. The predicted octanol–water partition coefficient (Wildman–Crippen LogP) is 4.59. The van der Waals surface area contributed by atoms with Gasteiger partial charge in [-0.1, -0.05) is 37.6 Å². The van der Waals surface area contributed by atoms with Gasteiger partial charge in [0.05, 0.1) is 25.9 Å². The highest BCUT2D eigenvalue weighted by molar-refractivity contribution is 7.48. The number of carbonyl (C=O) groups excluding carboxylic acids is 1. The molecule has 3 saturated heterocycles. The number of rotatable bonds is 8. The fraction of sp³-hybridized carbons (Fsp3) is 0.520. The number of nitrogens with zero attached hydrogens (tertiary/aromatic N) is 4. The van der Waals surface area contributed by atoms with Crippen molar-refractivity contribution in [2.45, 2.75) is 57.3 Å². The zero-order valence-electron chi connectivity index (χ0n) is 22.5. The molecule has 5 heterocycles. The number of nitrogens with two attached hydrogens (primary N) is 1. The molecule has 0 spiro atoms. The summed E-state index contributed by atoms with van der Waals surface area (Å²) in [6, 6.07) is 7.07. The summed E-state index contributed by atoms with van der Waals surface area (Å²) in [5.74, 6) is 0.402. The number of anilines is 1. The highest BCUT2D eigenvalue weighted by Crippen LogP contribution is 2.58. The van der Waals surface area contributed by atoms with E-state index in [2.05, 4.69) is 15.0 Å². The van der Waals surface area contributed by atoms with Gasteiger partial charge in [-0.05, 0) is 30.5 Å². The van der Waals surface area contributed by atoms with E-state index < -0.39 is 44.1 Å². The monoisotopic (exact) mass is 609 g/mol. The van der Waals surface area contributed by atoms with Crippen molar-refractivity contribution in [1.82, 2.24) is 19.5 Å². The van der Waals surface area contributed by atoms with Crippen LogP contribution in [0.15, 0.2) is 30.6 Å². The molecule has 3 fully saturated rings. The molecule has 14 nitrogen and oxygen atoms in total. The van der Waals surface area contributed by atoms with E-state index in [1.54, 1.807) is 29.7 Å². The fourth-order valence-corrected chi connectivity index (χ4v) is 6.68. The predicted molar refractivity (Wildman–Crippen MR) is 143 cm³/mol. The maximum Gasteiger partial charge on any atom is 0.509 e. The molecule has 41 heavy (non-hydrogen) atoms. The molecular formula is C25H29ClN5O9P. The van der Waals surface area contributed by atoms with Gasteiger partial charge in [0.25, 0.3) is 0 Å². The van der Waals surface area contributed by atoms with E-state index in [-0.39, 0.29) is 36.6 Å². The summed E-state index contributed by atoms with van der Waals surface area (Å²) in [5, 5.41) is 0.527. The van der Waals surface area contributed by atoms with Gasteiger partial charge >= 0.3 is 14.0 Å². The number of phosphoric ester groups is 1. The first-order chi connectivity index (χ1) is 19.5. The second-order valence-electron chi connectivity index (χ2n) is 10.5. The zero-order valence-corrected chi connectivity index (χ0v) is 24.1. The molecule has 1 aromatic carbocycles. The molecule has 2 N–H and O–H groups in total. The lowest BCUT2D eigenvalue weighted by Gasteiger charge is -2.30. The van der Waals surface area contributed by atoms with E-state index in [1.807, 2.05) is 19.9 Å². The topological polar surface area (TPSA) is 168 Å². The molecule has 0 unspecified atom stereocenters. The second-order valence-corrected chi connectivity index (χ2v) is 12.6. The third-order valence-corrected chi connectivity index (χ3v) is 8.66. The number of aromatic nitrogens is 4. The minimum absolute atomic E-state index is 0.00638. The van der Waals surface area contributed by atoms with Crippen molar-refractivity contribution in [2.24, 2.45) is 5.92 Å². The molecule has 220 valence electrons. The van der Waals surface area contributed by atoms with Crippen molar-refractivity contribution >= 4 is 42.7 Å². The van der Waals surface area contributed by atoms with Crippen LogP contribution < -0.4 is 10.5 Å². The molecule has 0 saturated carbocycles. The Kier molecular flexibility index (Phi) is 7.33. The van der Waals surface area contributed by atoms with Crippen molar-refractivity contribution in [3.63, 3.8) is 0 Å². The number of halogens is 1. The number of imidazole rings is 1. The first-order valence-corrected chi connectivity index (χ1v) is 14.9. The molecule has 0 amide bonds. The van der Waals surface area contributed by atoms with Crippen LogP contribution in [0.4, 0.5) is 10.7 Å². The molecular weight excluding hydrogens is 581 g/mol. The molecule has 2 aromatic heterocycles. The number of benzene rings is 1. The number of hydrogen-bond acceptors (Lipinski definition) is 13. The van der Waals surface area contributed by atoms with Gasteiger partial charge < -0.3 is 24.7 Å². The van der Waals surface area contributed by atoms with E-state index in [4.69, 9.17) is 49.9 Å². The average molecular weight is 610 g/mol. The second kappa shape index (κ2) is 10.7. The van der Waals surface area contributed by atoms with E-state index in [0.29, 0.717) is 23.6 Å². The van der Waals surface area contributed by atoms with E-state index in [9.17, 15) is 9.36 Å². The lowest BCUT2D eigenvalue weighted by atomic mass is 9.96. The highest BCUT2D eigenvalue weighted by Gasteiger charge is 2.64. The Morgan fingerprint density at radius 1 is 1.32 bits per heavy atom. The SMILES string of the molecule is CC(C)COc1nc(N)nc2ncn([C@@H]3O[C@H](CO[P@@]4(=O)OCC[C@@H](c5cccc(Cl)c5)O4)[C@H]4OC(=O)O[C@]43C)c12. The van der Waals surface area contributed by atoms with Crippen molar-refractivity contribution in [3.8, 4) is 5.88 Å². The third-order valence-electron chi connectivity index (χ3n) is 6.95. The molecule has 0 aliphatic carbocycles. The summed E-state index contributed by atoms with van der Waals surface area (Å²) in [7, 11) is -4.00. The highest BCUT2D eigenvalue weighted by atomic mass is 35.5. The zero-order chi connectivity index (χ0) is 28.9. The normalized spacial score (nSPS) is 31.3. The van der Waals surface area contributed by atoms with Crippen LogP contribution in [0.2, 0.25) is 5.02 Å². The van der Waals surface area contributed by atoms with Gasteiger partial charge in [0.2, 0.25) is 11.8 Å². The molecule has 6 rings (SSSR count). The van der Waals surface area contributed by atoms with Gasteiger partial charge in [-0.3, -0.25) is 18.1 Å². The molecule has 0 bridgehead atoms. The lowest BCUT2D eigenvalue weighted by Crippen LogP contribution is -2.42. The van der Waals surface area contributed by atoms with E-state index in [0.717, 1.165) is 5.56 Å². The Bertz CT molecular complexity index is 1520. The van der Waals surface area contributed by atoms with Crippen LogP contribution in [-0.4, -0.2) is 63.3 Å². The summed E-state index contributed by atoms with van der Waals surface area (Å²) in [5.41, 5.74) is 5.97. The van der Waals surface area contributed by atoms with Crippen molar-refractivity contribution in [3.05, 3.63) is 41.2 Å². The molecule has 3 aliphatic heterocycles. The van der Waals surface area contributed by atoms with E-state index in [1.165, 1.54) is 6.33 Å². The van der Waals surface area contributed by atoms with Gasteiger partial charge in [0.1, 0.15) is 12.4 Å². The minimum atomic E-state index is -4.00. The van der Waals surface area contributed by atoms with Crippen LogP contribution >= 0.6 is 19.4 Å². The summed E-state index contributed by atoms with van der Waals surface area (Å²) in [4.78, 5) is 25.1. The van der Waals surface area contributed by atoms with Gasteiger partial charge in [0.15, 0.2) is 29.1 Å². The maximum absolute atomic E-state index is 13.4. The quantitative estimate of drug-likeness (QED) is 0.278. The molecule has 0 radical (unpaired) electrons. The van der Waals surface area contributed by atoms with Crippen LogP contribution in [0, 0.1) is 5.92 Å². The first kappa shape index (κ1) is 28.1. The average Bonchev–Trinajstić information content (AvgIpc) is 3.54. The number of nitrogen functional groups attached to an aromatic ring is 1. The largest absolute Gasteiger partial charge is 0.509 e. The Labute approximate surface area is 239 Å². The first-order valence-electron chi connectivity index (χ1n) is 13.1. The molecule has 3 aromatic rings. The van der Waals surface area contributed by atoms with Crippen LogP contribution in [0.1, 0.15) is 45.1 Å². The van der Waals surface area contributed by atoms with Crippen molar-refractivity contribution < 1.29 is 41.9 Å². The number of ether oxygens (including phenoxy) is 4. The summed E-state index contributed by atoms with van der Waals surface area (Å²) >= 11 is 6.11. The standard InChI is InChI=1S/C25H29ClN5O9P/c1-13(2)10-34-21-18-20(29-23(27)30-21)28-12-31(18)22-25(3)19(38-24(32)39-25)17(37-22)11-36-41(33)35-8-7-16(40-41)14-5-4-6-15(26)9-14/h4-6,9,12-13,16-17,19,22H,7-8,10-11H2,1-3H3,(H2,27,29,30)/t16-,17+,19+,22+,25+,41+/m0/s1. The Morgan fingerprint density at radius 2 is 2.15 bits per heavy atom. The van der Waals surface area contributed by atoms with Gasteiger partial charge in [-0.25, -0.2) is 14.3 Å². The van der Waals surface area contributed by atoms with E-state index >= 15 is 0 Å². The smallest absolute Gasteiger partial charge is 0.476 e. The number of hydrogen-bond donors (Lipinski definition) is 1. The Hall–Kier alpha value is -3.00. The van der Waals surface area contributed by atoms with Crippen molar-refractivity contribution in [2.75, 3.05) is 25.6 Å². The summed E-state index contributed by atoms with van der Waals surface area (Å²) < 4.78 is 55.2. The van der Waals surface area contributed by atoms with Gasteiger partial charge in [-0.15, -0.1) is 0 Å². The van der Waals surface area contributed by atoms with Gasteiger partial charge in [0, 0.05) is 11.4 Å². The summed E-state index contributed by atoms with van der Waals surface area (Å²) in [6.07, 6.45) is -2.29. The van der Waals surface area contributed by atoms with Crippen molar-refractivity contribution in [1.29, 1.82) is 0 Å². The Balaban J connectivity index is 1.25. The number of phosphoric acid groups is 1. The van der Waals surface area contributed by atoms with Crippen LogP contribution in [-0.2, 0) is 32.3 Å². The van der Waals surface area contributed by atoms with Crippen LogP contribution in [0.3, 0.4) is 0 Å². The van der Waals surface area contributed by atoms with Gasteiger partial charge in [-0.2, -0.15) is 9.97 Å². The number of carbonyl (C=O) groups is 1. The number of fused-ring (bicyclic) bond motifs is 2.